The first kappa shape index (κ1) is 18.0. The molecule has 0 aromatic heterocycles. The van der Waals surface area contributed by atoms with E-state index in [1.165, 1.54) is 6.07 Å². The van der Waals surface area contributed by atoms with Gasteiger partial charge in [0.25, 0.3) is 0 Å². The number of anilines is 1. The second-order valence-corrected chi connectivity index (χ2v) is 5.09. The first-order valence-electron chi connectivity index (χ1n) is 7.35. The van der Waals surface area contributed by atoms with Crippen LogP contribution in [0.25, 0.3) is 0 Å². The monoisotopic (exact) mass is 343 g/mol. The van der Waals surface area contributed by atoms with Crippen molar-refractivity contribution in [2.24, 2.45) is 0 Å². The average molecular weight is 343 g/mol. The number of carbonyl (C=O) groups is 2. The third kappa shape index (κ3) is 5.36. The molecule has 0 aliphatic heterocycles. The van der Waals surface area contributed by atoms with E-state index in [9.17, 15) is 14.7 Å². The van der Waals surface area contributed by atoms with Crippen molar-refractivity contribution in [2.75, 3.05) is 5.32 Å². The lowest BCUT2D eigenvalue weighted by molar-refractivity contribution is -0.134. The van der Waals surface area contributed by atoms with Crippen LogP contribution in [0.4, 0.5) is 5.69 Å². The number of carboxylic acid groups (broad SMARTS) is 2. The molecule has 25 heavy (non-hydrogen) atoms. The summed E-state index contributed by atoms with van der Waals surface area (Å²) in [5.41, 5.74) is 1.17. The number of carboxylic acids is 2. The molecular weight excluding hydrogens is 326 g/mol. The Balaban J connectivity index is 2.27. The second-order valence-electron chi connectivity index (χ2n) is 5.09. The van der Waals surface area contributed by atoms with Crippen LogP contribution in [-0.4, -0.2) is 27.3 Å². The van der Waals surface area contributed by atoms with E-state index in [1.807, 2.05) is 30.3 Å². The van der Waals surface area contributed by atoms with Gasteiger partial charge in [0.2, 0.25) is 0 Å². The summed E-state index contributed by atoms with van der Waals surface area (Å²) in [6.07, 6.45) is 0.551. The summed E-state index contributed by atoms with van der Waals surface area (Å²) in [7, 11) is 0. The van der Waals surface area contributed by atoms with E-state index < -0.39 is 17.6 Å². The first-order valence-corrected chi connectivity index (χ1v) is 7.35. The zero-order valence-corrected chi connectivity index (χ0v) is 13.2. The summed E-state index contributed by atoms with van der Waals surface area (Å²) in [6.45, 7) is -0.00225. The summed E-state index contributed by atoms with van der Waals surface area (Å²) in [4.78, 5) is 22.0. The highest BCUT2D eigenvalue weighted by Gasteiger charge is 2.14. The van der Waals surface area contributed by atoms with Gasteiger partial charge in [0.1, 0.15) is 18.1 Å². The van der Waals surface area contributed by atoms with E-state index in [-0.39, 0.29) is 18.9 Å². The number of aliphatic hydroxyl groups excluding tert-OH is 1. The lowest BCUT2D eigenvalue weighted by Gasteiger charge is -2.15. The van der Waals surface area contributed by atoms with Crippen molar-refractivity contribution in [1.82, 2.24) is 0 Å². The zero-order valence-electron chi connectivity index (χ0n) is 13.2. The molecule has 0 atom stereocenters. The average Bonchev–Trinajstić information content (AvgIpc) is 2.60. The molecule has 2 aromatic carbocycles. The summed E-state index contributed by atoms with van der Waals surface area (Å²) in [5.74, 6) is -2.49. The molecule has 0 aliphatic rings. The predicted octanol–water partition coefficient (Wildman–Crippen LogP) is 2.22. The van der Waals surface area contributed by atoms with Crippen molar-refractivity contribution >= 4 is 17.6 Å². The van der Waals surface area contributed by atoms with E-state index in [2.05, 4.69) is 5.32 Å². The normalized spacial score (nSPS) is 11.0. The largest absolute Gasteiger partial charge is 0.487 e. The van der Waals surface area contributed by atoms with Gasteiger partial charge in [0.05, 0.1) is 18.4 Å². The van der Waals surface area contributed by atoms with Gasteiger partial charge in [-0.3, -0.25) is 0 Å². The summed E-state index contributed by atoms with van der Waals surface area (Å²) < 4.78 is 5.70. The number of benzene rings is 2. The summed E-state index contributed by atoms with van der Waals surface area (Å²) >= 11 is 0. The van der Waals surface area contributed by atoms with E-state index in [1.54, 1.807) is 12.1 Å². The van der Waals surface area contributed by atoms with Crippen molar-refractivity contribution in [3.05, 3.63) is 71.4 Å². The maximum Gasteiger partial charge on any atom is 0.352 e. The molecule has 0 bridgehead atoms. The Morgan fingerprint density at radius 1 is 1.04 bits per heavy atom. The molecule has 0 spiro atoms. The molecule has 7 nitrogen and oxygen atoms in total. The second kappa shape index (κ2) is 8.51. The van der Waals surface area contributed by atoms with Crippen molar-refractivity contribution in [3.8, 4) is 5.75 Å². The van der Waals surface area contributed by atoms with Crippen molar-refractivity contribution in [2.45, 2.75) is 13.2 Å². The number of hydrogen-bond acceptors (Lipinski definition) is 5. The predicted molar refractivity (Wildman–Crippen MR) is 90.1 cm³/mol. The number of aliphatic carboxylic acids is 2. The molecule has 0 heterocycles. The number of rotatable bonds is 8. The molecule has 4 N–H and O–H groups in total. The Labute approximate surface area is 143 Å². The van der Waals surface area contributed by atoms with Crippen LogP contribution in [0, 0.1) is 0 Å². The van der Waals surface area contributed by atoms with Gasteiger partial charge >= 0.3 is 11.9 Å². The molecule has 2 aromatic rings. The number of aliphatic hydroxyl groups is 1. The smallest absolute Gasteiger partial charge is 0.352 e. The van der Waals surface area contributed by atoms with Gasteiger partial charge in [-0.25, -0.2) is 9.59 Å². The van der Waals surface area contributed by atoms with E-state index in [0.29, 0.717) is 17.4 Å². The fraction of sp³-hybridized carbons (Fsp3) is 0.111. The fourth-order valence-corrected chi connectivity index (χ4v) is 2.05. The Hall–Kier alpha value is -3.32. The minimum atomic E-state index is -1.43. The minimum absolute atomic E-state index is 0.248. The van der Waals surface area contributed by atoms with E-state index >= 15 is 0 Å². The quantitative estimate of drug-likeness (QED) is 0.543. The maximum atomic E-state index is 11.2. The third-order valence-electron chi connectivity index (χ3n) is 3.23. The minimum Gasteiger partial charge on any atom is -0.487 e. The SMILES string of the molecule is O=C(O)C=C(Nc1cc(CO)ccc1OCc1ccccc1)C(=O)O. The maximum absolute atomic E-state index is 11.2. The van der Waals surface area contributed by atoms with Crippen LogP contribution in [0.1, 0.15) is 11.1 Å². The van der Waals surface area contributed by atoms with Crippen molar-refractivity contribution in [1.29, 1.82) is 0 Å². The highest BCUT2D eigenvalue weighted by atomic mass is 16.5. The van der Waals surface area contributed by atoms with Gasteiger partial charge in [0.15, 0.2) is 0 Å². The Kier molecular flexibility index (Phi) is 6.14. The topological polar surface area (TPSA) is 116 Å². The van der Waals surface area contributed by atoms with Crippen LogP contribution in [0.15, 0.2) is 60.3 Å². The van der Waals surface area contributed by atoms with Crippen LogP contribution in [0.5, 0.6) is 5.75 Å². The molecule has 0 unspecified atom stereocenters. The standard InChI is InChI=1S/C18H17NO6/c20-10-13-6-7-16(25-11-12-4-2-1-3-5-12)14(8-13)19-15(18(23)24)9-17(21)22/h1-9,19-20H,10-11H2,(H,21,22)(H,23,24). The Bertz CT molecular complexity index is 785. The van der Waals surface area contributed by atoms with Crippen LogP contribution in [0.2, 0.25) is 0 Å². The first-order chi connectivity index (χ1) is 12.0. The molecule has 130 valence electrons. The van der Waals surface area contributed by atoms with Crippen LogP contribution in [0.3, 0.4) is 0 Å². The van der Waals surface area contributed by atoms with Crippen molar-refractivity contribution < 1.29 is 29.6 Å². The Morgan fingerprint density at radius 3 is 2.36 bits per heavy atom. The number of hydrogen-bond donors (Lipinski definition) is 4. The molecule has 0 radical (unpaired) electrons. The number of nitrogens with one attached hydrogen (secondary N) is 1. The molecule has 7 heteroatoms. The highest BCUT2D eigenvalue weighted by molar-refractivity contribution is 5.97. The molecular formula is C18H17NO6. The van der Waals surface area contributed by atoms with Gasteiger partial charge in [0, 0.05) is 0 Å². The summed E-state index contributed by atoms with van der Waals surface area (Å²) in [6, 6.07) is 14.1. The summed E-state index contributed by atoms with van der Waals surface area (Å²) in [5, 5.41) is 29.7. The highest BCUT2D eigenvalue weighted by Crippen LogP contribution is 2.28. The van der Waals surface area contributed by atoms with Crippen LogP contribution < -0.4 is 10.1 Å². The molecule has 2 rings (SSSR count). The van der Waals surface area contributed by atoms with E-state index in [4.69, 9.17) is 14.9 Å². The van der Waals surface area contributed by atoms with Gasteiger partial charge in [-0.1, -0.05) is 36.4 Å². The number of ether oxygens (including phenoxy) is 1. The molecule has 0 aliphatic carbocycles. The van der Waals surface area contributed by atoms with Crippen LogP contribution in [-0.2, 0) is 22.8 Å². The Morgan fingerprint density at radius 2 is 1.76 bits per heavy atom. The zero-order chi connectivity index (χ0) is 18.2. The van der Waals surface area contributed by atoms with Gasteiger partial charge in [-0.2, -0.15) is 0 Å². The lowest BCUT2D eigenvalue weighted by atomic mass is 10.2. The van der Waals surface area contributed by atoms with Gasteiger partial charge < -0.3 is 25.4 Å². The molecule has 0 saturated heterocycles. The van der Waals surface area contributed by atoms with E-state index in [0.717, 1.165) is 5.56 Å². The van der Waals surface area contributed by atoms with Gasteiger partial charge in [-0.05, 0) is 23.3 Å². The molecule has 0 amide bonds. The fourth-order valence-electron chi connectivity index (χ4n) is 2.05. The molecule has 0 saturated carbocycles. The lowest BCUT2D eigenvalue weighted by Crippen LogP contribution is -2.13. The molecule has 0 fully saturated rings. The van der Waals surface area contributed by atoms with Gasteiger partial charge in [-0.15, -0.1) is 0 Å². The van der Waals surface area contributed by atoms with Crippen LogP contribution >= 0.6 is 0 Å². The third-order valence-corrected chi connectivity index (χ3v) is 3.23. The van der Waals surface area contributed by atoms with Crippen molar-refractivity contribution in [3.63, 3.8) is 0 Å².